The molecule has 0 N–H and O–H groups in total. The van der Waals surface area contributed by atoms with Gasteiger partial charge in [0.1, 0.15) is 12.4 Å². The highest BCUT2D eigenvalue weighted by atomic mass is 16.5. The highest BCUT2D eigenvalue weighted by molar-refractivity contribution is 5.78. The summed E-state index contributed by atoms with van der Waals surface area (Å²) in [5.41, 5.74) is 9.12. The molecule has 106 valence electrons. The van der Waals surface area contributed by atoms with E-state index in [4.69, 9.17) is 10.3 Å². The lowest BCUT2D eigenvalue weighted by Crippen LogP contribution is -2.00. The monoisotopic (exact) mass is 267 g/mol. The Morgan fingerprint density at radius 2 is 1.95 bits per heavy atom. The molecule has 6 nitrogen and oxygen atoms in total. The van der Waals surface area contributed by atoms with E-state index in [2.05, 4.69) is 10.0 Å². The SMILES string of the molecule is CC(=O)OC/C=C(\C)CCC(=O)CCCCN=[N+]=[N-]. The van der Waals surface area contributed by atoms with Crippen LogP contribution in [0.25, 0.3) is 10.4 Å². The van der Waals surface area contributed by atoms with Gasteiger partial charge in [-0.1, -0.05) is 10.7 Å². The summed E-state index contributed by atoms with van der Waals surface area (Å²) in [5.74, 6) is -0.0960. The van der Waals surface area contributed by atoms with Crippen molar-refractivity contribution in [2.75, 3.05) is 13.2 Å². The predicted molar refractivity (Wildman–Crippen MR) is 72.5 cm³/mol. The number of ether oxygens (including phenoxy) is 1. The van der Waals surface area contributed by atoms with E-state index in [0.717, 1.165) is 18.4 Å². The molecule has 6 heteroatoms. The third-order valence-corrected chi connectivity index (χ3v) is 2.54. The van der Waals surface area contributed by atoms with E-state index in [9.17, 15) is 9.59 Å². The van der Waals surface area contributed by atoms with E-state index in [-0.39, 0.29) is 18.4 Å². The van der Waals surface area contributed by atoms with Crippen molar-refractivity contribution in [1.82, 2.24) is 0 Å². The molecule has 0 fully saturated rings. The summed E-state index contributed by atoms with van der Waals surface area (Å²) in [6, 6.07) is 0. The normalized spacial score (nSPS) is 10.7. The number of unbranched alkanes of at least 4 members (excludes halogenated alkanes) is 1. The number of esters is 1. The van der Waals surface area contributed by atoms with Crippen LogP contribution in [0.4, 0.5) is 0 Å². The van der Waals surface area contributed by atoms with Crippen LogP contribution in [0.3, 0.4) is 0 Å². The molecule has 0 aromatic rings. The van der Waals surface area contributed by atoms with Crippen molar-refractivity contribution in [3.8, 4) is 0 Å². The standard InChI is InChI=1S/C13H21N3O3/c1-11(8-10-19-12(2)17)6-7-13(18)5-3-4-9-15-16-14/h8H,3-7,9-10H2,1-2H3/b11-8+. The maximum atomic E-state index is 11.5. The summed E-state index contributed by atoms with van der Waals surface area (Å²) in [5, 5.41) is 3.41. The van der Waals surface area contributed by atoms with Gasteiger partial charge in [-0.25, -0.2) is 0 Å². The summed E-state index contributed by atoms with van der Waals surface area (Å²) in [6.07, 6.45) is 5.04. The lowest BCUT2D eigenvalue weighted by atomic mass is 10.1. The van der Waals surface area contributed by atoms with Gasteiger partial charge in [0, 0.05) is 31.2 Å². The van der Waals surface area contributed by atoms with Gasteiger partial charge in [0.25, 0.3) is 0 Å². The number of azide groups is 1. The average molecular weight is 267 g/mol. The van der Waals surface area contributed by atoms with Crippen molar-refractivity contribution < 1.29 is 14.3 Å². The Balaban J connectivity index is 3.65. The number of ketones is 1. The van der Waals surface area contributed by atoms with E-state index in [1.807, 2.05) is 13.0 Å². The van der Waals surface area contributed by atoms with Crippen LogP contribution in [0.5, 0.6) is 0 Å². The number of nitrogens with zero attached hydrogens (tertiary/aromatic N) is 3. The molecule has 0 radical (unpaired) electrons. The van der Waals surface area contributed by atoms with Crippen LogP contribution in [-0.2, 0) is 14.3 Å². The summed E-state index contributed by atoms with van der Waals surface area (Å²) >= 11 is 0. The second kappa shape index (κ2) is 11.3. The van der Waals surface area contributed by atoms with Crippen molar-refractivity contribution in [2.45, 2.75) is 46.0 Å². The predicted octanol–water partition coefficient (Wildman–Crippen LogP) is 3.33. The van der Waals surface area contributed by atoms with Crippen LogP contribution in [0, 0.1) is 0 Å². The molecule has 0 heterocycles. The van der Waals surface area contributed by atoms with E-state index >= 15 is 0 Å². The van der Waals surface area contributed by atoms with Gasteiger partial charge in [0.2, 0.25) is 0 Å². The average Bonchev–Trinajstić information content (AvgIpc) is 2.35. The largest absolute Gasteiger partial charge is 0.462 e. The van der Waals surface area contributed by atoms with Crippen molar-refractivity contribution in [3.63, 3.8) is 0 Å². The quantitative estimate of drug-likeness (QED) is 0.152. The van der Waals surface area contributed by atoms with Crippen LogP contribution < -0.4 is 0 Å². The van der Waals surface area contributed by atoms with Gasteiger partial charge in [-0.3, -0.25) is 9.59 Å². The molecular formula is C13H21N3O3. The molecule has 0 saturated heterocycles. The molecular weight excluding hydrogens is 246 g/mol. The Morgan fingerprint density at radius 3 is 2.58 bits per heavy atom. The first kappa shape index (κ1) is 17.2. The molecule has 0 unspecified atom stereocenters. The Bertz CT molecular complexity index is 371. The van der Waals surface area contributed by atoms with Crippen LogP contribution in [-0.4, -0.2) is 24.9 Å². The van der Waals surface area contributed by atoms with Gasteiger partial charge in [-0.2, -0.15) is 0 Å². The molecule has 0 atom stereocenters. The molecule has 0 spiro atoms. The van der Waals surface area contributed by atoms with Gasteiger partial charge < -0.3 is 4.74 Å². The van der Waals surface area contributed by atoms with Crippen molar-refractivity contribution in [2.24, 2.45) is 5.11 Å². The third kappa shape index (κ3) is 12.4. The first-order chi connectivity index (χ1) is 9.06. The molecule has 0 aliphatic heterocycles. The molecule has 0 aliphatic carbocycles. The Hall–Kier alpha value is -1.81. The number of carbonyl (C=O) groups excluding carboxylic acids is 2. The number of carbonyl (C=O) groups is 2. The molecule has 0 amide bonds. The van der Waals surface area contributed by atoms with Gasteiger partial charge in [-0.05, 0) is 37.8 Å². The van der Waals surface area contributed by atoms with Crippen molar-refractivity contribution in [1.29, 1.82) is 0 Å². The molecule has 0 rings (SSSR count). The maximum absolute atomic E-state index is 11.5. The fraction of sp³-hybridized carbons (Fsp3) is 0.692. The van der Waals surface area contributed by atoms with Gasteiger partial charge >= 0.3 is 5.97 Å². The van der Waals surface area contributed by atoms with Crippen LogP contribution >= 0.6 is 0 Å². The number of Topliss-reactive ketones (excluding diaryl/α,β-unsaturated/α-hetero) is 1. The van der Waals surface area contributed by atoms with E-state index in [1.165, 1.54) is 6.92 Å². The van der Waals surface area contributed by atoms with Gasteiger partial charge in [0.05, 0.1) is 0 Å². The lowest BCUT2D eigenvalue weighted by molar-refractivity contribution is -0.139. The zero-order valence-electron chi connectivity index (χ0n) is 11.6. The Morgan fingerprint density at radius 1 is 1.21 bits per heavy atom. The van der Waals surface area contributed by atoms with Gasteiger partial charge in [0.15, 0.2) is 0 Å². The fourth-order valence-corrected chi connectivity index (χ4v) is 1.41. The smallest absolute Gasteiger partial charge is 0.302 e. The number of hydrogen-bond acceptors (Lipinski definition) is 4. The lowest BCUT2D eigenvalue weighted by Gasteiger charge is -2.02. The zero-order chi connectivity index (χ0) is 14.5. The highest BCUT2D eigenvalue weighted by Crippen LogP contribution is 2.08. The number of hydrogen-bond donors (Lipinski definition) is 0. The molecule has 0 saturated carbocycles. The van der Waals surface area contributed by atoms with Gasteiger partial charge in [-0.15, -0.1) is 0 Å². The maximum Gasteiger partial charge on any atom is 0.302 e. The zero-order valence-corrected chi connectivity index (χ0v) is 11.6. The number of rotatable bonds is 10. The summed E-state index contributed by atoms with van der Waals surface area (Å²) in [6.45, 7) is 3.99. The minimum atomic E-state index is -0.305. The number of allylic oxidation sites excluding steroid dienone is 1. The Labute approximate surface area is 113 Å². The second-order valence-corrected chi connectivity index (χ2v) is 4.30. The molecule has 0 aromatic carbocycles. The van der Waals surface area contributed by atoms with Crippen LogP contribution in [0.15, 0.2) is 16.8 Å². The minimum absolute atomic E-state index is 0.209. The topological polar surface area (TPSA) is 92.1 Å². The Kier molecular flexibility index (Phi) is 10.2. The minimum Gasteiger partial charge on any atom is -0.462 e. The highest BCUT2D eigenvalue weighted by Gasteiger charge is 2.02. The van der Waals surface area contributed by atoms with Crippen LogP contribution in [0.2, 0.25) is 0 Å². The summed E-state index contributed by atoms with van der Waals surface area (Å²) in [7, 11) is 0. The van der Waals surface area contributed by atoms with Crippen LogP contribution in [0.1, 0.15) is 46.0 Å². The van der Waals surface area contributed by atoms with E-state index in [0.29, 0.717) is 25.8 Å². The molecule has 0 aromatic heterocycles. The third-order valence-electron chi connectivity index (χ3n) is 2.54. The first-order valence-electron chi connectivity index (χ1n) is 6.37. The summed E-state index contributed by atoms with van der Waals surface area (Å²) in [4.78, 5) is 24.7. The molecule has 0 aliphatic rings. The molecule has 0 bridgehead atoms. The van der Waals surface area contributed by atoms with Crippen molar-refractivity contribution >= 4 is 11.8 Å². The first-order valence-corrected chi connectivity index (χ1v) is 6.37. The summed E-state index contributed by atoms with van der Waals surface area (Å²) < 4.78 is 4.78. The van der Waals surface area contributed by atoms with Crippen molar-refractivity contribution in [3.05, 3.63) is 22.1 Å². The van der Waals surface area contributed by atoms with E-state index < -0.39 is 0 Å². The van der Waals surface area contributed by atoms with E-state index in [1.54, 1.807) is 0 Å². The fourth-order valence-electron chi connectivity index (χ4n) is 1.41. The molecule has 19 heavy (non-hydrogen) atoms. The second-order valence-electron chi connectivity index (χ2n) is 4.30.